The third-order valence-corrected chi connectivity index (χ3v) is 4.00. The molecule has 3 nitrogen and oxygen atoms in total. The van der Waals surface area contributed by atoms with E-state index in [1.54, 1.807) is 0 Å². The summed E-state index contributed by atoms with van der Waals surface area (Å²) in [5.41, 5.74) is 4.23. The summed E-state index contributed by atoms with van der Waals surface area (Å²) in [5.74, 6) is 0.921. The van der Waals surface area contributed by atoms with Crippen molar-refractivity contribution < 1.29 is 4.39 Å². The quantitative estimate of drug-likeness (QED) is 0.706. The Hall–Kier alpha value is -2.62. The first-order valence-corrected chi connectivity index (χ1v) is 7.66. The van der Waals surface area contributed by atoms with Gasteiger partial charge >= 0.3 is 0 Å². The van der Waals surface area contributed by atoms with Crippen LogP contribution in [0.4, 0.5) is 10.1 Å². The van der Waals surface area contributed by atoms with E-state index in [1.165, 1.54) is 0 Å². The lowest BCUT2D eigenvalue weighted by atomic mass is 10.2. The van der Waals surface area contributed by atoms with Gasteiger partial charge < -0.3 is 9.47 Å². The molecule has 0 N–H and O–H groups in total. The van der Waals surface area contributed by atoms with Crippen LogP contribution in [-0.2, 0) is 7.05 Å². The predicted molar refractivity (Wildman–Crippen MR) is 95.3 cm³/mol. The molecule has 118 valence electrons. The van der Waals surface area contributed by atoms with Crippen LogP contribution in [0, 0.1) is 0 Å². The Morgan fingerprint density at radius 2 is 1.83 bits per heavy atom. The molecule has 0 radical (unpaired) electrons. The van der Waals surface area contributed by atoms with Gasteiger partial charge in [-0.1, -0.05) is 30.3 Å². The zero-order valence-electron chi connectivity index (χ0n) is 13.4. The number of hydrogen-bond donors (Lipinski definition) is 0. The van der Waals surface area contributed by atoms with Crippen LogP contribution in [0.1, 0.15) is 11.4 Å². The second-order valence-electron chi connectivity index (χ2n) is 5.55. The minimum absolute atomic E-state index is 0.342. The fourth-order valence-corrected chi connectivity index (χ4v) is 2.58. The molecule has 3 rings (SSSR count). The third kappa shape index (κ3) is 3.26. The highest BCUT2D eigenvalue weighted by molar-refractivity contribution is 5.79. The van der Waals surface area contributed by atoms with Crippen LogP contribution in [-0.4, -0.2) is 29.8 Å². The van der Waals surface area contributed by atoms with Gasteiger partial charge in [0.15, 0.2) is 0 Å². The number of hydrogen-bond acceptors (Lipinski definition) is 2. The molecule has 0 amide bonds. The number of imidazole rings is 1. The molecule has 2 aromatic carbocycles. The summed E-state index contributed by atoms with van der Waals surface area (Å²) in [4.78, 5) is 6.53. The molecule has 23 heavy (non-hydrogen) atoms. The van der Waals surface area contributed by atoms with Gasteiger partial charge in [-0.05, 0) is 35.9 Å². The molecule has 0 atom stereocenters. The van der Waals surface area contributed by atoms with Gasteiger partial charge in [0, 0.05) is 26.3 Å². The molecule has 0 aliphatic heterocycles. The van der Waals surface area contributed by atoms with Crippen LogP contribution in [0.3, 0.4) is 0 Å². The van der Waals surface area contributed by atoms with Crippen LogP contribution < -0.4 is 4.90 Å². The molecule has 0 fully saturated rings. The normalized spacial score (nSPS) is 11.4. The van der Waals surface area contributed by atoms with Crippen LogP contribution in [0.2, 0.25) is 0 Å². The predicted octanol–water partition coefficient (Wildman–Crippen LogP) is 4.15. The zero-order valence-corrected chi connectivity index (χ0v) is 13.4. The number of halogens is 1. The van der Waals surface area contributed by atoms with Crippen LogP contribution >= 0.6 is 0 Å². The Balaban J connectivity index is 1.80. The lowest BCUT2D eigenvalue weighted by Crippen LogP contribution is -2.19. The number of para-hydroxylation sites is 2. The maximum absolute atomic E-state index is 12.4. The average molecular weight is 309 g/mol. The highest BCUT2D eigenvalue weighted by Gasteiger charge is 2.04. The minimum atomic E-state index is -0.342. The fourth-order valence-electron chi connectivity index (χ4n) is 2.58. The molecule has 0 aliphatic rings. The maximum atomic E-state index is 12.4. The van der Waals surface area contributed by atoms with Crippen molar-refractivity contribution in [2.75, 3.05) is 25.2 Å². The van der Waals surface area contributed by atoms with E-state index in [9.17, 15) is 4.39 Å². The van der Waals surface area contributed by atoms with E-state index in [1.807, 2.05) is 73.6 Å². The van der Waals surface area contributed by atoms with Crippen LogP contribution in [0.15, 0.2) is 48.5 Å². The largest absolute Gasteiger partial charge is 0.372 e. The summed E-state index contributed by atoms with van der Waals surface area (Å²) in [5, 5.41) is 0. The Kier molecular flexibility index (Phi) is 4.42. The molecule has 3 aromatic rings. The van der Waals surface area contributed by atoms with E-state index in [2.05, 4.69) is 15.6 Å². The third-order valence-electron chi connectivity index (χ3n) is 4.00. The van der Waals surface area contributed by atoms with Crippen molar-refractivity contribution in [2.24, 2.45) is 7.05 Å². The SMILES string of the molecule is CN(CCF)c1ccc(/C=C/c2nc3ccccc3n2C)cc1. The molecule has 0 bridgehead atoms. The molecule has 0 aliphatic carbocycles. The summed E-state index contributed by atoms with van der Waals surface area (Å²) in [7, 11) is 3.91. The standard InChI is InChI=1S/C19H20FN3/c1-22(14-13-20)16-10-7-15(8-11-16)9-12-19-21-17-5-3-4-6-18(17)23(19)2/h3-12H,13-14H2,1-2H3/b12-9+. The Morgan fingerprint density at radius 3 is 2.52 bits per heavy atom. The number of nitrogens with zero attached hydrogens (tertiary/aromatic N) is 3. The van der Waals surface area contributed by atoms with Crippen LogP contribution in [0.5, 0.6) is 0 Å². The number of aromatic nitrogens is 2. The Labute approximate surface area is 135 Å². The van der Waals surface area contributed by atoms with E-state index in [4.69, 9.17) is 0 Å². The molecule has 1 aromatic heterocycles. The van der Waals surface area contributed by atoms with E-state index in [0.29, 0.717) is 6.54 Å². The Bertz CT molecular complexity index is 818. The van der Waals surface area contributed by atoms with Crippen molar-refractivity contribution >= 4 is 28.9 Å². The van der Waals surface area contributed by atoms with Crippen molar-refractivity contribution in [1.82, 2.24) is 9.55 Å². The first-order chi connectivity index (χ1) is 11.2. The summed E-state index contributed by atoms with van der Waals surface area (Å²) >= 11 is 0. The molecule has 4 heteroatoms. The molecular formula is C19H20FN3. The number of rotatable bonds is 5. The molecule has 0 spiro atoms. The summed E-state index contributed by atoms with van der Waals surface area (Å²) in [6.07, 6.45) is 4.06. The first kappa shape index (κ1) is 15.3. The number of fused-ring (bicyclic) bond motifs is 1. The maximum Gasteiger partial charge on any atom is 0.133 e. The topological polar surface area (TPSA) is 21.1 Å². The first-order valence-electron chi connectivity index (χ1n) is 7.66. The summed E-state index contributed by atoms with van der Waals surface area (Å²) in [6, 6.07) is 16.2. The molecular weight excluding hydrogens is 289 g/mol. The number of alkyl halides is 1. The van der Waals surface area contributed by atoms with Gasteiger partial charge in [-0.15, -0.1) is 0 Å². The lowest BCUT2D eigenvalue weighted by Gasteiger charge is -2.17. The van der Waals surface area contributed by atoms with Crippen molar-refractivity contribution in [2.45, 2.75) is 0 Å². The second-order valence-corrected chi connectivity index (χ2v) is 5.55. The van der Waals surface area contributed by atoms with Gasteiger partial charge in [0.25, 0.3) is 0 Å². The zero-order chi connectivity index (χ0) is 16.2. The Morgan fingerprint density at radius 1 is 1.09 bits per heavy atom. The summed E-state index contributed by atoms with van der Waals surface area (Å²) in [6.45, 7) is 0.0694. The number of aryl methyl sites for hydroxylation is 1. The average Bonchev–Trinajstić information content (AvgIpc) is 2.90. The van der Waals surface area contributed by atoms with Gasteiger partial charge in [0.05, 0.1) is 11.0 Å². The van der Waals surface area contributed by atoms with E-state index >= 15 is 0 Å². The van der Waals surface area contributed by atoms with Crippen molar-refractivity contribution in [1.29, 1.82) is 0 Å². The minimum Gasteiger partial charge on any atom is -0.372 e. The number of anilines is 1. The smallest absolute Gasteiger partial charge is 0.133 e. The van der Waals surface area contributed by atoms with Gasteiger partial charge in [0.2, 0.25) is 0 Å². The number of benzene rings is 2. The summed E-state index contributed by atoms with van der Waals surface area (Å²) < 4.78 is 14.5. The monoisotopic (exact) mass is 309 g/mol. The highest BCUT2D eigenvalue weighted by atomic mass is 19.1. The van der Waals surface area contributed by atoms with Gasteiger partial charge in [-0.2, -0.15) is 0 Å². The van der Waals surface area contributed by atoms with E-state index in [0.717, 1.165) is 28.1 Å². The molecule has 0 saturated heterocycles. The highest BCUT2D eigenvalue weighted by Crippen LogP contribution is 2.18. The molecule has 0 unspecified atom stereocenters. The van der Waals surface area contributed by atoms with E-state index < -0.39 is 0 Å². The molecule has 1 heterocycles. The molecule has 0 saturated carbocycles. The lowest BCUT2D eigenvalue weighted by molar-refractivity contribution is 0.497. The second kappa shape index (κ2) is 6.65. The van der Waals surface area contributed by atoms with E-state index in [-0.39, 0.29) is 6.67 Å². The van der Waals surface area contributed by atoms with Gasteiger partial charge in [0.1, 0.15) is 12.5 Å². The van der Waals surface area contributed by atoms with Gasteiger partial charge in [-0.3, -0.25) is 0 Å². The van der Waals surface area contributed by atoms with Gasteiger partial charge in [-0.25, -0.2) is 9.37 Å². The van der Waals surface area contributed by atoms with Crippen molar-refractivity contribution in [3.63, 3.8) is 0 Å². The van der Waals surface area contributed by atoms with Crippen molar-refractivity contribution in [3.05, 3.63) is 59.9 Å². The van der Waals surface area contributed by atoms with Crippen LogP contribution in [0.25, 0.3) is 23.2 Å². The fraction of sp³-hybridized carbons (Fsp3) is 0.211. The van der Waals surface area contributed by atoms with Crippen molar-refractivity contribution in [3.8, 4) is 0 Å².